The maximum absolute atomic E-state index is 12.2. The molecule has 1 aliphatic rings. The van der Waals surface area contributed by atoms with Crippen LogP contribution in [0.15, 0.2) is 24.3 Å². The number of nitrogens with one attached hydrogen (secondary N) is 1. The lowest BCUT2D eigenvalue weighted by molar-refractivity contribution is -0.120. The molecule has 106 valence electrons. The predicted octanol–water partition coefficient (Wildman–Crippen LogP) is 2.29. The minimum Gasteiger partial charge on any atom is -0.355 e. The van der Waals surface area contributed by atoms with Crippen molar-refractivity contribution in [2.75, 3.05) is 12.3 Å². The molecule has 2 unspecified atom stereocenters. The highest BCUT2D eigenvalue weighted by atomic mass is 35.5. The third-order valence-electron chi connectivity index (χ3n) is 3.13. The van der Waals surface area contributed by atoms with E-state index < -0.39 is 0 Å². The standard InChI is InChI=1S/C14H20N2OS.ClH/c1-10(15)6-8-16-14(17)13-12-5-3-2-4-11(12)7-9-18-13;/h2-5,10,13H,6-9,15H2,1H3,(H,16,17);1H. The van der Waals surface area contributed by atoms with E-state index in [0.717, 1.165) is 18.6 Å². The van der Waals surface area contributed by atoms with Gasteiger partial charge in [0.2, 0.25) is 5.91 Å². The van der Waals surface area contributed by atoms with Gasteiger partial charge in [-0.25, -0.2) is 0 Å². The molecule has 0 radical (unpaired) electrons. The quantitative estimate of drug-likeness (QED) is 0.897. The van der Waals surface area contributed by atoms with Crippen molar-refractivity contribution in [3.63, 3.8) is 0 Å². The number of carbonyl (C=O) groups excluding carboxylic acids is 1. The van der Waals surface area contributed by atoms with Crippen molar-refractivity contribution in [2.24, 2.45) is 5.73 Å². The molecule has 19 heavy (non-hydrogen) atoms. The molecule has 0 saturated carbocycles. The van der Waals surface area contributed by atoms with Crippen LogP contribution >= 0.6 is 24.2 Å². The Hall–Kier alpha value is -0.710. The number of amides is 1. The topological polar surface area (TPSA) is 55.1 Å². The molecule has 0 aromatic heterocycles. The zero-order valence-electron chi connectivity index (χ0n) is 11.1. The molecule has 0 bridgehead atoms. The van der Waals surface area contributed by atoms with E-state index in [9.17, 15) is 4.79 Å². The third-order valence-corrected chi connectivity index (χ3v) is 4.37. The molecular weight excluding hydrogens is 280 g/mol. The van der Waals surface area contributed by atoms with Gasteiger partial charge in [0.05, 0.1) is 0 Å². The maximum atomic E-state index is 12.2. The van der Waals surface area contributed by atoms with Crippen LogP contribution in [-0.2, 0) is 11.2 Å². The van der Waals surface area contributed by atoms with Crippen molar-refractivity contribution in [1.29, 1.82) is 0 Å². The van der Waals surface area contributed by atoms with Crippen molar-refractivity contribution in [1.82, 2.24) is 5.32 Å². The fraction of sp³-hybridized carbons (Fsp3) is 0.500. The van der Waals surface area contributed by atoms with E-state index in [-0.39, 0.29) is 29.6 Å². The van der Waals surface area contributed by atoms with E-state index in [0.29, 0.717) is 6.54 Å². The smallest absolute Gasteiger partial charge is 0.237 e. The van der Waals surface area contributed by atoms with E-state index >= 15 is 0 Å². The van der Waals surface area contributed by atoms with Gasteiger partial charge in [0.25, 0.3) is 0 Å². The van der Waals surface area contributed by atoms with Gasteiger partial charge in [0.1, 0.15) is 5.25 Å². The largest absolute Gasteiger partial charge is 0.355 e. The Morgan fingerprint density at radius 2 is 2.26 bits per heavy atom. The summed E-state index contributed by atoms with van der Waals surface area (Å²) in [6.07, 6.45) is 1.88. The molecule has 0 spiro atoms. The van der Waals surface area contributed by atoms with Crippen molar-refractivity contribution < 1.29 is 4.79 Å². The summed E-state index contributed by atoms with van der Waals surface area (Å²) in [6, 6.07) is 8.37. The zero-order valence-corrected chi connectivity index (χ0v) is 12.7. The molecule has 0 fully saturated rings. The Kier molecular flexibility index (Phi) is 6.69. The van der Waals surface area contributed by atoms with Crippen LogP contribution in [-0.4, -0.2) is 24.2 Å². The maximum Gasteiger partial charge on any atom is 0.237 e. The number of fused-ring (bicyclic) bond motifs is 1. The van der Waals surface area contributed by atoms with E-state index in [1.165, 1.54) is 11.1 Å². The minimum atomic E-state index is -0.0527. The molecular formula is C14H21ClN2OS. The first kappa shape index (κ1) is 16.3. The summed E-state index contributed by atoms with van der Waals surface area (Å²) < 4.78 is 0. The summed E-state index contributed by atoms with van der Waals surface area (Å²) in [7, 11) is 0. The van der Waals surface area contributed by atoms with Crippen molar-refractivity contribution in [3.8, 4) is 0 Å². The zero-order chi connectivity index (χ0) is 13.0. The number of hydrogen-bond acceptors (Lipinski definition) is 3. The van der Waals surface area contributed by atoms with Gasteiger partial charge < -0.3 is 11.1 Å². The summed E-state index contributed by atoms with van der Waals surface area (Å²) in [5, 5.41) is 2.93. The van der Waals surface area contributed by atoms with Crippen LogP contribution in [0.4, 0.5) is 0 Å². The van der Waals surface area contributed by atoms with Gasteiger partial charge in [-0.2, -0.15) is 0 Å². The van der Waals surface area contributed by atoms with E-state index in [1.807, 2.05) is 19.1 Å². The van der Waals surface area contributed by atoms with E-state index in [4.69, 9.17) is 5.73 Å². The SMILES string of the molecule is CC(N)CCNC(=O)C1SCCc2ccccc21.Cl. The number of halogens is 1. The summed E-state index contributed by atoms with van der Waals surface area (Å²) in [5.41, 5.74) is 8.16. The molecule has 2 atom stereocenters. The van der Waals surface area contributed by atoms with Crippen LogP contribution in [0, 0.1) is 0 Å². The van der Waals surface area contributed by atoms with Crippen LogP contribution in [0.25, 0.3) is 0 Å². The van der Waals surface area contributed by atoms with Crippen LogP contribution < -0.4 is 11.1 Å². The first-order valence-electron chi connectivity index (χ1n) is 6.41. The van der Waals surface area contributed by atoms with E-state index in [2.05, 4.69) is 17.4 Å². The van der Waals surface area contributed by atoms with Gasteiger partial charge in [-0.3, -0.25) is 4.79 Å². The minimum absolute atomic E-state index is 0. The normalized spacial score (nSPS) is 18.9. The number of nitrogens with two attached hydrogens (primary N) is 1. The molecule has 1 aromatic rings. The number of carbonyl (C=O) groups is 1. The van der Waals surface area contributed by atoms with Crippen LogP contribution in [0.1, 0.15) is 29.7 Å². The first-order chi connectivity index (χ1) is 8.68. The Bertz CT molecular complexity index is 426. The molecule has 1 heterocycles. The highest BCUT2D eigenvalue weighted by Gasteiger charge is 2.26. The Morgan fingerprint density at radius 1 is 1.53 bits per heavy atom. The number of rotatable bonds is 4. The molecule has 2 rings (SSSR count). The van der Waals surface area contributed by atoms with Crippen LogP contribution in [0.3, 0.4) is 0 Å². The molecule has 1 aliphatic heterocycles. The Morgan fingerprint density at radius 3 is 3.00 bits per heavy atom. The average Bonchev–Trinajstić information content (AvgIpc) is 2.37. The predicted molar refractivity (Wildman–Crippen MR) is 83.9 cm³/mol. The number of hydrogen-bond donors (Lipinski definition) is 2. The first-order valence-corrected chi connectivity index (χ1v) is 7.46. The van der Waals surface area contributed by atoms with Crippen molar-refractivity contribution in [2.45, 2.75) is 31.1 Å². The second kappa shape index (κ2) is 7.78. The lowest BCUT2D eigenvalue weighted by atomic mass is 10.0. The molecule has 5 heteroatoms. The second-order valence-electron chi connectivity index (χ2n) is 4.76. The van der Waals surface area contributed by atoms with Crippen molar-refractivity contribution in [3.05, 3.63) is 35.4 Å². The average molecular weight is 301 g/mol. The summed E-state index contributed by atoms with van der Waals surface area (Å²) in [5.74, 6) is 1.13. The number of benzene rings is 1. The lowest BCUT2D eigenvalue weighted by Gasteiger charge is -2.24. The summed E-state index contributed by atoms with van der Waals surface area (Å²) in [4.78, 5) is 12.2. The van der Waals surface area contributed by atoms with Crippen LogP contribution in [0.5, 0.6) is 0 Å². The highest BCUT2D eigenvalue weighted by Crippen LogP contribution is 2.36. The van der Waals surface area contributed by atoms with Gasteiger partial charge >= 0.3 is 0 Å². The molecule has 3 nitrogen and oxygen atoms in total. The van der Waals surface area contributed by atoms with E-state index in [1.54, 1.807) is 11.8 Å². The Labute approximate surface area is 125 Å². The third kappa shape index (κ3) is 4.41. The monoisotopic (exact) mass is 300 g/mol. The fourth-order valence-electron chi connectivity index (χ4n) is 2.13. The van der Waals surface area contributed by atoms with Gasteiger partial charge in [0, 0.05) is 12.6 Å². The molecule has 0 aliphatic carbocycles. The number of thioether (sulfide) groups is 1. The lowest BCUT2D eigenvalue weighted by Crippen LogP contribution is -2.33. The second-order valence-corrected chi connectivity index (χ2v) is 5.97. The Balaban J connectivity index is 0.00000180. The van der Waals surface area contributed by atoms with Gasteiger partial charge in [0.15, 0.2) is 0 Å². The number of aryl methyl sites for hydroxylation is 1. The summed E-state index contributed by atoms with van der Waals surface area (Å²) in [6.45, 7) is 2.62. The van der Waals surface area contributed by atoms with Gasteiger partial charge in [-0.15, -0.1) is 24.2 Å². The molecule has 3 N–H and O–H groups in total. The molecule has 1 aromatic carbocycles. The molecule has 1 amide bonds. The molecule has 0 saturated heterocycles. The van der Waals surface area contributed by atoms with Gasteiger partial charge in [-0.05, 0) is 36.6 Å². The summed E-state index contributed by atoms with van der Waals surface area (Å²) >= 11 is 1.73. The van der Waals surface area contributed by atoms with Crippen LogP contribution in [0.2, 0.25) is 0 Å². The highest BCUT2D eigenvalue weighted by molar-refractivity contribution is 8.00. The van der Waals surface area contributed by atoms with Gasteiger partial charge in [-0.1, -0.05) is 24.3 Å². The fourth-order valence-corrected chi connectivity index (χ4v) is 3.34. The van der Waals surface area contributed by atoms with Crippen molar-refractivity contribution >= 4 is 30.1 Å².